The SMILES string of the molecule is O=S(=O)(N=S1CCN(S(=O)(=O)c2ccc(Cl)cc2)CC1)c1ccc(-c2ccon2)s1. The number of aromatic nitrogens is 1. The maximum absolute atomic E-state index is 12.8. The van der Waals surface area contributed by atoms with E-state index in [1.165, 1.54) is 40.9 Å². The van der Waals surface area contributed by atoms with E-state index in [4.69, 9.17) is 16.1 Å². The first-order valence-electron chi connectivity index (χ1n) is 8.68. The summed E-state index contributed by atoms with van der Waals surface area (Å²) in [6, 6.07) is 10.8. The number of hydrogen-bond donors (Lipinski definition) is 0. The average molecular weight is 506 g/mol. The molecular formula is C17H16ClN3O5S4. The Kier molecular flexibility index (Phi) is 6.15. The van der Waals surface area contributed by atoms with Gasteiger partial charge in [0.15, 0.2) is 0 Å². The largest absolute Gasteiger partial charge is 0.364 e. The fourth-order valence-electron chi connectivity index (χ4n) is 2.81. The number of halogens is 1. The third kappa shape index (κ3) is 4.53. The fraction of sp³-hybridized carbons (Fsp3) is 0.235. The van der Waals surface area contributed by atoms with Gasteiger partial charge in [0.05, 0.1) is 9.77 Å². The van der Waals surface area contributed by atoms with Gasteiger partial charge in [-0.15, -0.1) is 15.1 Å². The second-order valence-corrected chi connectivity index (χ2v) is 13.7. The quantitative estimate of drug-likeness (QED) is 0.526. The van der Waals surface area contributed by atoms with Gasteiger partial charge < -0.3 is 4.52 Å². The van der Waals surface area contributed by atoms with Crippen molar-refractivity contribution in [2.75, 3.05) is 24.6 Å². The van der Waals surface area contributed by atoms with E-state index in [9.17, 15) is 16.8 Å². The first-order chi connectivity index (χ1) is 14.3. The average Bonchev–Trinajstić information content (AvgIpc) is 3.40. The molecule has 1 aliphatic rings. The highest BCUT2D eigenvalue weighted by molar-refractivity contribution is 8.01. The van der Waals surface area contributed by atoms with Crippen molar-refractivity contribution in [3.05, 3.63) is 53.8 Å². The van der Waals surface area contributed by atoms with E-state index in [0.29, 0.717) is 27.1 Å². The molecule has 2 aromatic heterocycles. The van der Waals surface area contributed by atoms with Crippen molar-refractivity contribution in [2.24, 2.45) is 3.77 Å². The maximum Gasteiger partial charge on any atom is 0.297 e. The number of rotatable bonds is 5. The molecule has 0 saturated carbocycles. The highest BCUT2D eigenvalue weighted by Crippen LogP contribution is 2.31. The summed E-state index contributed by atoms with van der Waals surface area (Å²) in [5.74, 6) is 0.709. The summed E-state index contributed by atoms with van der Waals surface area (Å²) in [6.07, 6.45) is 1.42. The molecular weight excluding hydrogens is 490 g/mol. The van der Waals surface area contributed by atoms with Crippen LogP contribution >= 0.6 is 22.9 Å². The lowest BCUT2D eigenvalue weighted by atomic mass is 10.3. The second kappa shape index (κ2) is 8.52. The van der Waals surface area contributed by atoms with Crippen LogP contribution < -0.4 is 0 Å². The van der Waals surface area contributed by atoms with Gasteiger partial charge in [0, 0.05) is 35.7 Å². The summed E-state index contributed by atoms with van der Waals surface area (Å²) >= 11 is 6.90. The molecule has 0 N–H and O–H groups in total. The van der Waals surface area contributed by atoms with E-state index in [1.54, 1.807) is 12.1 Å². The normalized spacial score (nSPS) is 16.6. The molecule has 0 aliphatic carbocycles. The van der Waals surface area contributed by atoms with Gasteiger partial charge in [-0.3, -0.25) is 0 Å². The zero-order valence-electron chi connectivity index (χ0n) is 15.3. The predicted molar refractivity (Wildman–Crippen MR) is 117 cm³/mol. The lowest BCUT2D eigenvalue weighted by Crippen LogP contribution is -2.41. The molecule has 30 heavy (non-hydrogen) atoms. The molecule has 1 aromatic carbocycles. The molecule has 160 valence electrons. The van der Waals surface area contributed by atoms with E-state index in [-0.39, 0.29) is 22.2 Å². The third-order valence-corrected chi connectivity index (χ3v) is 11.9. The number of benzene rings is 1. The van der Waals surface area contributed by atoms with E-state index >= 15 is 0 Å². The first-order valence-corrected chi connectivity index (χ1v) is 14.3. The van der Waals surface area contributed by atoms with Crippen molar-refractivity contribution in [1.82, 2.24) is 9.46 Å². The molecule has 0 radical (unpaired) electrons. The van der Waals surface area contributed by atoms with Crippen LogP contribution in [0.2, 0.25) is 5.02 Å². The summed E-state index contributed by atoms with van der Waals surface area (Å²) in [5, 5.41) is 4.26. The minimum absolute atomic E-state index is 0.129. The van der Waals surface area contributed by atoms with Crippen LogP contribution in [0, 0.1) is 0 Å². The summed E-state index contributed by atoms with van der Waals surface area (Å²) in [5.41, 5.74) is 0.560. The Labute approximate surface area is 185 Å². The van der Waals surface area contributed by atoms with E-state index < -0.39 is 30.7 Å². The number of thiophene rings is 1. The summed E-state index contributed by atoms with van der Waals surface area (Å²) in [7, 11) is -8.25. The van der Waals surface area contributed by atoms with Crippen LogP contribution in [-0.4, -0.2) is 50.9 Å². The van der Waals surface area contributed by atoms with Gasteiger partial charge in [-0.1, -0.05) is 27.4 Å². The minimum Gasteiger partial charge on any atom is -0.364 e. The smallest absolute Gasteiger partial charge is 0.297 e. The highest BCUT2D eigenvalue weighted by atomic mass is 35.5. The van der Waals surface area contributed by atoms with Crippen LogP contribution in [0.25, 0.3) is 10.6 Å². The molecule has 13 heteroatoms. The molecule has 0 bridgehead atoms. The molecule has 3 heterocycles. The van der Waals surface area contributed by atoms with Gasteiger partial charge in [0.25, 0.3) is 10.0 Å². The van der Waals surface area contributed by atoms with Crippen molar-refractivity contribution in [2.45, 2.75) is 9.10 Å². The van der Waals surface area contributed by atoms with Crippen molar-refractivity contribution in [1.29, 1.82) is 0 Å². The molecule has 1 aliphatic heterocycles. The summed E-state index contributed by atoms with van der Waals surface area (Å²) in [6.45, 7) is 0.420. The second-order valence-electron chi connectivity index (χ2n) is 6.28. The van der Waals surface area contributed by atoms with Crippen molar-refractivity contribution >= 4 is 53.7 Å². The summed E-state index contributed by atoms with van der Waals surface area (Å²) < 4.78 is 61.2. The number of sulfonamides is 2. The van der Waals surface area contributed by atoms with Crippen LogP contribution in [0.4, 0.5) is 0 Å². The molecule has 3 aromatic rings. The Balaban J connectivity index is 1.47. The van der Waals surface area contributed by atoms with Crippen molar-refractivity contribution < 1.29 is 21.4 Å². The molecule has 0 spiro atoms. The Hall–Kier alpha value is -1.57. The molecule has 0 unspecified atom stereocenters. The van der Waals surface area contributed by atoms with Gasteiger partial charge in [0.1, 0.15) is 16.2 Å². The minimum atomic E-state index is -3.83. The zero-order chi connectivity index (χ0) is 21.4. The van der Waals surface area contributed by atoms with E-state index in [1.807, 2.05) is 0 Å². The summed E-state index contributed by atoms with van der Waals surface area (Å²) in [4.78, 5) is 0.835. The Morgan fingerprint density at radius 3 is 2.37 bits per heavy atom. The predicted octanol–water partition coefficient (Wildman–Crippen LogP) is 3.25. The Morgan fingerprint density at radius 2 is 1.73 bits per heavy atom. The van der Waals surface area contributed by atoms with Gasteiger partial charge in [-0.25, -0.2) is 8.42 Å². The van der Waals surface area contributed by atoms with E-state index in [0.717, 1.165) is 11.3 Å². The van der Waals surface area contributed by atoms with Crippen molar-refractivity contribution in [3.63, 3.8) is 0 Å². The lowest BCUT2D eigenvalue weighted by molar-refractivity contribution is 0.422. The number of nitrogens with zero attached hydrogens (tertiary/aromatic N) is 3. The van der Waals surface area contributed by atoms with Crippen LogP contribution in [0.3, 0.4) is 0 Å². The first kappa shape index (κ1) is 21.7. The van der Waals surface area contributed by atoms with Gasteiger partial charge in [0.2, 0.25) is 10.0 Å². The molecule has 0 amide bonds. The lowest BCUT2D eigenvalue weighted by Gasteiger charge is -2.27. The van der Waals surface area contributed by atoms with Crippen molar-refractivity contribution in [3.8, 4) is 10.6 Å². The Morgan fingerprint density at radius 1 is 1.03 bits per heavy atom. The molecule has 8 nitrogen and oxygen atoms in total. The van der Waals surface area contributed by atoms with Gasteiger partial charge in [-0.2, -0.15) is 12.7 Å². The number of hydrogen-bond acceptors (Lipinski definition) is 7. The monoisotopic (exact) mass is 505 g/mol. The van der Waals surface area contributed by atoms with E-state index in [2.05, 4.69) is 8.92 Å². The topological polar surface area (TPSA) is 110 Å². The highest BCUT2D eigenvalue weighted by Gasteiger charge is 2.28. The Bertz CT molecular complexity index is 1270. The molecule has 0 atom stereocenters. The maximum atomic E-state index is 12.8. The van der Waals surface area contributed by atoms with Crippen LogP contribution in [-0.2, 0) is 30.7 Å². The fourth-order valence-corrected chi connectivity index (χ4v) is 9.58. The zero-order valence-corrected chi connectivity index (χ0v) is 19.4. The van der Waals surface area contributed by atoms with Crippen LogP contribution in [0.5, 0.6) is 0 Å². The standard InChI is InChI=1S/C17H16ClN3O5S4/c18-13-1-3-14(4-2-13)30(24,25)21-8-11-28(12-9-21)20-29(22,23)17-6-5-16(27-17)15-7-10-26-19-15/h1-7,10H,8-9,11-12H2. The van der Waals surface area contributed by atoms with Crippen LogP contribution in [0.1, 0.15) is 0 Å². The molecule has 1 fully saturated rings. The van der Waals surface area contributed by atoms with Gasteiger partial charge >= 0.3 is 0 Å². The van der Waals surface area contributed by atoms with Crippen LogP contribution in [0.15, 0.2) is 66.1 Å². The molecule has 1 saturated heterocycles. The van der Waals surface area contributed by atoms with Gasteiger partial charge in [-0.05, 0) is 36.4 Å². The molecule has 4 rings (SSSR count). The third-order valence-electron chi connectivity index (χ3n) is 4.33.